The van der Waals surface area contributed by atoms with E-state index >= 15 is 0 Å². The van der Waals surface area contributed by atoms with Crippen LogP contribution in [0.25, 0.3) is 11.1 Å². The summed E-state index contributed by atoms with van der Waals surface area (Å²) in [5.41, 5.74) is 6.46. The highest BCUT2D eigenvalue weighted by Crippen LogP contribution is 2.43. The van der Waals surface area contributed by atoms with Crippen molar-refractivity contribution in [1.82, 2.24) is 0 Å². The van der Waals surface area contributed by atoms with Crippen molar-refractivity contribution in [2.45, 2.75) is 25.2 Å². The van der Waals surface area contributed by atoms with E-state index in [1.54, 1.807) is 30.3 Å². The van der Waals surface area contributed by atoms with Crippen LogP contribution in [0.4, 0.5) is 18.9 Å². The molecule has 0 aliphatic heterocycles. The number of alkyl halides is 3. The molecule has 0 fully saturated rings. The van der Waals surface area contributed by atoms with E-state index in [1.165, 1.54) is 30.3 Å². The molecule has 0 aliphatic rings. The number of nitrogens with two attached hydrogens (primary N) is 1. The van der Waals surface area contributed by atoms with Gasteiger partial charge in [0.25, 0.3) is 0 Å². The molecule has 6 nitrogen and oxygen atoms in total. The first-order valence-electron chi connectivity index (χ1n) is 9.40. The van der Waals surface area contributed by atoms with Gasteiger partial charge in [-0.25, -0.2) is 0 Å². The lowest BCUT2D eigenvalue weighted by Gasteiger charge is -2.11. The Bertz CT molecular complexity index is 1080. The minimum Gasteiger partial charge on any atom is -0.488 e. The van der Waals surface area contributed by atoms with Crippen molar-refractivity contribution >= 4 is 28.9 Å². The summed E-state index contributed by atoms with van der Waals surface area (Å²) in [4.78, 5) is 22.2. The molecular formula is C22H19F3N2O4S. The lowest BCUT2D eigenvalue weighted by atomic mass is 10.1. The van der Waals surface area contributed by atoms with E-state index in [-0.39, 0.29) is 12.2 Å². The van der Waals surface area contributed by atoms with Gasteiger partial charge in [0.05, 0.1) is 12.5 Å². The van der Waals surface area contributed by atoms with Crippen LogP contribution in [0.1, 0.15) is 16.2 Å². The fraction of sp³-hybridized carbons (Fsp3) is 0.182. The Kier molecular flexibility index (Phi) is 7.16. The van der Waals surface area contributed by atoms with E-state index in [1.807, 2.05) is 0 Å². The van der Waals surface area contributed by atoms with E-state index in [0.29, 0.717) is 33.2 Å². The summed E-state index contributed by atoms with van der Waals surface area (Å²) in [5.74, 6) is -1.44. The first kappa shape index (κ1) is 23.3. The highest BCUT2D eigenvalue weighted by atomic mass is 32.1. The number of hydrogen-bond donors (Lipinski definition) is 3. The number of rotatable bonds is 8. The molecule has 1 aromatic heterocycles. The van der Waals surface area contributed by atoms with Crippen molar-refractivity contribution in [1.29, 1.82) is 0 Å². The summed E-state index contributed by atoms with van der Waals surface area (Å²) in [5, 5.41) is 11.2. The Balaban J connectivity index is 1.66. The number of anilines is 1. The van der Waals surface area contributed by atoms with Crippen LogP contribution in [-0.4, -0.2) is 23.0 Å². The molecule has 1 heterocycles. The van der Waals surface area contributed by atoms with Crippen molar-refractivity contribution < 1.29 is 32.6 Å². The normalized spacial score (nSPS) is 12.2. The molecule has 0 aliphatic carbocycles. The summed E-state index contributed by atoms with van der Waals surface area (Å²) in [7, 11) is 0. The zero-order chi connectivity index (χ0) is 23.3. The van der Waals surface area contributed by atoms with Gasteiger partial charge in [0.15, 0.2) is 0 Å². The van der Waals surface area contributed by atoms with Crippen molar-refractivity contribution in [2.75, 3.05) is 5.32 Å². The van der Waals surface area contributed by atoms with Gasteiger partial charge in [-0.3, -0.25) is 9.59 Å². The van der Waals surface area contributed by atoms with Gasteiger partial charge in [-0.05, 0) is 35.9 Å². The summed E-state index contributed by atoms with van der Waals surface area (Å²) >= 11 is 0.631. The molecule has 2 aromatic carbocycles. The fourth-order valence-electron chi connectivity index (χ4n) is 2.86. The van der Waals surface area contributed by atoms with E-state index in [4.69, 9.17) is 15.6 Å². The molecule has 0 spiro atoms. The molecule has 1 atom stereocenters. The highest BCUT2D eigenvalue weighted by Gasteiger charge is 2.36. The van der Waals surface area contributed by atoms with E-state index < -0.39 is 35.4 Å². The van der Waals surface area contributed by atoms with Crippen LogP contribution in [0.5, 0.6) is 5.75 Å². The number of carboxylic acids is 1. The monoisotopic (exact) mass is 464 g/mol. The largest absolute Gasteiger partial charge is 0.488 e. The smallest absolute Gasteiger partial charge is 0.426 e. The van der Waals surface area contributed by atoms with Crippen LogP contribution in [0.15, 0.2) is 60.7 Å². The number of carbonyl (C=O) groups is 2. The Morgan fingerprint density at radius 2 is 1.75 bits per heavy atom. The number of thiophene rings is 1. The SMILES string of the molecule is N[C@@H](CC(=O)O)C(=O)Nc1ccc(OCc2cc(-c3ccccc3)c(C(F)(F)F)s2)cc1. The number of amides is 1. The van der Waals surface area contributed by atoms with Crippen LogP contribution in [0, 0.1) is 0 Å². The Hall–Kier alpha value is -3.37. The molecule has 0 radical (unpaired) electrons. The average Bonchev–Trinajstić information content (AvgIpc) is 3.18. The molecule has 10 heteroatoms. The predicted octanol–water partition coefficient (Wildman–Crippen LogP) is 4.75. The van der Waals surface area contributed by atoms with Crippen molar-refractivity contribution in [3.63, 3.8) is 0 Å². The first-order valence-corrected chi connectivity index (χ1v) is 10.2. The molecule has 1 amide bonds. The van der Waals surface area contributed by atoms with Crippen LogP contribution >= 0.6 is 11.3 Å². The third kappa shape index (κ3) is 6.08. The second kappa shape index (κ2) is 9.84. The average molecular weight is 464 g/mol. The first-order chi connectivity index (χ1) is 15.1. The Morgan fingerprint density at radius 1 is 1.09 bits per heavy atom. The number of halogens is 3. The van der Waals surface area contributed by atoms with Gasteiger partial charge in [-0.15, -0.1) is 11.3 Å². The Labute approximate surface area is 185 Å². The number of ether oxygens (including phenoxy) is 1. The molecule has 0 saturated carbocycles. The van der Waals surface area contributed by atoms with Gasteiger partial charge in [0, 0.05) is 16.1 Å². The zero-order valence-electron chi connectivity index (χ0n) is 16.6. The summed E-state index contributed by atoms with van der Waals surface area (Å²) in [6, 6.07) is 14.7. The number of carboxylic acid groups (broad SMARTS) is 1. The maximum atomic E-state index is 13.5. The standard InChI is InChI=1S/C22H19F3N2O4S/c23-22(24,25)20-17(13-4-2-1-3-5-13)10-16(32-20)12-31-15-8-6-14(7-9-15)27-21(30)18(26)11-19(28)29/h1-10,18H,11-12,26H2,(H,27,30)(H,28,29)/t18-/m0/s1. The number of benzene rings is 2. The summed E-state index contributed by atoms with van der Waals surface area (Å²) in [6.45, 7) is -0.0598. The molecule has 0 bridgehead atoms. The molecular weight excluding hydrogens is 445 g/mol. The number of hydrogen-bond acceptors (Lipinski definition) is 5. The molecule has 4 N–H and O–H groups in total. The van der Waals surface area contributed by atoms with Crippen LogP contribution in [0.3, 0.4) is 0 Å². The van der Waals surface area contributed by atoms with Crippen LogP contribution < -0.4 is 15.8 Å². The van der Waals surface area contributed by atoms with E-state index in [9.17, 15) is 22.8 Å². The number of aliphatic carboxylic acids is 1. The summed E-state index contributed by atoms with van der Waals surface area (Å²) in [6.07, 6.45) is -4.98. The predicted molar refractivity (Wildman–Crippen MR) is 114 cm³/mol. The van der Waals surface area contributed by atoms with Crippen molar-refractivity contribution in [3.8, 4) is 16.9 Å². The maximum absolute atomic E-state index is 13.5. The highest BCUT2D eigenvalue weighted by molar-refractivity contribution is 7.12. The zero-order valence-corrected chi connectivity index (χ0v) is 17.4. The van der Waals surface area contributed by atoms with Gasteiger partial charge >= 0.3 is 12.1 Å². The molecule has 168 valence electrons. The van der Waals surface area contributed by atoms with Gasteiger partial charge in [-0.1, -0.05) is 30.3 Å². The maximum Gasteiger partial charge on any atom is 0.426 e. The molecule has 3 aromatic rings. The topological polar surface area (TPSA) is 102 Å². The minimum atomic E-state index is -4.48. The second-order valence-electron chi connectivity index (χ2n) is 6.83. The lowest BCUT2D eigenvalue weighted by molar-refractivity contribution is -0.138. The molecule has 0 unspecified atom stereocenters. The Morgan fingerprint density at radius 3 is 2.34 bits per heavy atom. The molecule has 3 rings (SSSR count). The minimum absolute atomic E-state index is 0.0598. The van der Waals surface area contributed by atoms with E-state index in [2.05, 4.69) is 5.32 Å². The quantitative estimate of drug-likeness (QED) is 0.447. The van der Waals surface area contributed by atoms with Crippen LogP contribution in [0.2, 0.25) is 0 Å². The van der Waals surface area contributed by atoms with Crippen LogP contribution in [-0.2, 0) is 22.4 Å². The molecule has 32 heavy (non-hydrogen) atoms. The third-order valence-corrected chi connectivity index (χ3v) is 5.51. The van der Waals surface area contributed by atoms with E-state index in [0.717, 1.165) is 0 Å². The van der Waals surface area contributed by atoms with Crippen molar-refractivity contribution in [2.24, 2.45) is 5.73 Å². The van der Waals surface area contributed by atoms with Gasteiger partial charge in [0.2, 0.25) is 5.91 Å². The van der Waals surface area contributed by atoms with Gasteiger partial charge < -0.3 is 20.9 Å². The lowest BCUT2D eigenvalue weighted by Crippen LogP contribution is -2.37. The van der Waals surface area contributed by atoms with Gasteiger partial charge in [-0.2, -0.15) is 13.2 Å². The van der Waals surface area contributed by atoms with Gasteiger partial charge in [0.1, 0.15) is 17.2 Å². The molecule has 0 saturated heterocycles. The third-order valence-electron chi connectivity index (χ3n) is 4.36. The summed E-state index contributed by atoms with van der Waals surface area (Å²) < 4.78 is 46.0. The number of nitrogens with one attached hydrogen (secondary N) is 1. The second-order valence-corrected chi connectivity index (χ2v) is 7.96. The van der Waals surface area contributed by atoms with Crippen molar-refractivity contribution in [3.05, 3.63) is 70.4 Å². The number of carbonyl (C=O) groups excluding carboxylic acids is 1. The fourth-order valence-corrected chi connectivity index (χ4v) is 3.82.